The molecule has 0 bridgehead atoms. The first-order chi connectivity index (χ1) is 9.56. The summed E-state index contributed by atoms with van der Waals surface area (Å²) in [5.41, 5.74) is 5.36. The minimum absolute atomic E-state index is 0.0359. The van der Waals surface area contributed by atoms with Gasteiger partial charge in [-0.25, -0.2) is 14.2 Å². The highest BCUT2D eigenvalue weighted by molar-refractivity contribution is 5.91. The van der Waals surface area contributed by atoms with Crippen molar-refractivity contribution in [2.24, 2.45) is 0 Å². The third kappa shape index (κ3) is 3.41. The number of carbonyl (C=O) groups excluding carboxylic acids is 1. The first-order valence-corrected chi connectivity index (χ1v) is 5.92. The van der Waals surface area contributed by atoms with Gasteiger partial charge in [0.1, 0.15) is 5.82 Å². The summed E-state index contributed by atoms with van der Waals surface area (Å²) >= 11 is 0. The summed E-state index contributed by atoms with van der Waals surface area (Å²) in [6.07, 6.45) is 3.04. The molecule has 2 aromatic rings. The Balaban J connectivity index is 1.94. The van der Waals surface area contributed by atoms with Crippen LogP contribution in [0.25, 0.3) is 0 Å². The Morgan fingerprint density at radius 1 is 1.45 bits per heavy atom. The highest BCUT2D eigenvalue weighted by Crippen LogP contribution is 2.16. The Kier molecular flexibility index (Phi) is 4.09. The van der Waals surface area contributed by atoms with E-state index in [1.807, 2.05) is 0 Å². The molecular weight excluding hydrogens is 263 g/mol. The first kappa shape index (κ1) is 13.7. The number of nitrogens with zero attached hydrogens (tertiary/aromatic N) is 2. The van der Waals surface area contributed by atoms with Gasteiger partial charge in [-0.3, -0.25) is 9.36 Å². The van der Waals surface area contributed by atoms with Crippen LogP contribution in [0.15, 0.2) is 41.5 Å². The largest absolute Gasteiger partial charge is 0.396 e. The molecule has 0 saturated carbocycles. The van der Waals surface area contributed by atoms with Crippen LogP contribution in [-0.4, -0.2) is 15.5 Å². The van der Waals surface area contributed by atoms with E-state index in [1.165, 1.54) is 29.0 Å². The van der Waals surface area contributed by atoms with E-state index < -0.39 is 11.5 Å². The number of amides is 1. The molecule has 2 rings (SSSR count). The Bertz CT molecular complexity index is 684. The molecule has 3 N–H and O–H groups in total. The monoisotopic (exact) mass is 276 g/mol. The highest BCUT2D eigenvalue weighted by Gasteiger charge is 2.05. The van der Waals surface area contributed by atoms with E-state index in [2.05, 4.69) is 10.3 Å². The van der Waals surface area contributed by atoms with Crippen LogP contribution in [0.3, 0.4) is 0 Å². The number of anilines is 2. The van der Waals surface area contributed by atoms with Gasteiger partial charge in [-0.2, -0.15) is 0 Å². The van der Waals surface area contributed by atoms with Crippen LogP contribution in [0.2, 0.25) is 0 Å². The van der Waals surface area contributed by atoms with Gasteiger partial charge < -0.3 is 11.1 Å². The van der Waals surface area contributed by atoms with Gasteiger partial charge in [0.2, 0.25) is 5.91 Å². The number of halogens is 1. The topological polar surface area (TPSA) is 90.0 Å². The first-order valence-electron chi connectivity index (χ1n) is 5.92. The number of aromatic nitrogens is 2. The number of rotatable bonds is 4. The fraction of sp³-hybridized carbons (Fsp3) is 0.154. The molecule has 0 aliphatic heterocycles. The summed E-state index contributed by atoms with van der Waals surface area (Å²) < 4.78 is 14.3. The summed E-state index contributed by atoms with van der Waals surface area (Å²) in [5, 5.41) is 2.58. The van der Waals surface area contributed by atoms with Crippen LogP contribution in [0, 0.1) is 5.82 Å². The molecule has 0 aliphatic carbocycles. The average Bonchev–Trinajstić information content (AvgIpc) is 2.42. The van der Waals surface area contributed by atoms with Crippen molar-refractivity contribution in [3.05, 3.63) is 53.0 Å². The smallest absolute Gasteiger partial charge is 0.347 e. The van der Waals surface area contributed by atoms with Crippen molar-refractivity contribution in [3.63, 3.8) is 0 Å². The fourth-order valence-corrected chi connectivity index (χ4v) is 1.62. The quantitative estimate of drug-likeness (QED) is 0.815. The van der Waals surface area contributed by atoms with Crippen LogP contribution in [0.1, 0.15) is 6.42 Å². The average molecular weight is 276 g/mol. The van der Waals surface area contributed by atoms with Crippen molar-refractivity contribution < 1.29 is 9.18 Å². The molecule has 1 heterocycles. The third-order valence-electron chi connectivity index (χ3n) is 2.64. The number of hydrogen-bond acceptors (Lipinski definition) is 4. The molecule has 1 aromatic heterocycles. The van der Waals surface area contributed by atoms with Gasteiger partial charge in [-0.1, -0.05) is 0 Å². The summed E-state index contributed by atoms with van der Waals surface area (Å²) in [7, 11) is 0. The normalized spacial score (nSPS) is 10.2. The third-order valence-corrected chi connectivity index (χ3v) is 2.64. The zero-order chi connectivity index (χ0) is 14.5. The number of nitrogens with one attached hydrogen (secondary N) is 1. The number of aryl methyl sites for hydroxylation is 1. The zero-order valence-electron chi connectivity index (χ0n) is 10.5. The molecule has 1 aromatic carbocycles. The van der Waals surface area contributed by atoms with E-state index in [-0.39, 0.29) is 24.6 Å². The minimum Gasteiger partial charge on any atom is -0.396 e. The van der Waals surface area contributed by atoms with E-state index in [1.54, 1.807) is 12.3 Å². The van der Waals surface area contributed by atoms with Gasteiger partial charge in [-0.05, 0) is 24.3 Å². The number of nitrogen functional groups attached to an aromatic ring is 1. The Morgan fingerprint density at radius 3 is 2.95 bits per heavy atom. The molecule has 7 heteroatoms. The summed E-state index contributed by atoms with van der Waals surface area (Å²) in [6, 6.07) is 5.54. The van der Waals surface area contributed by atoms with Crippen molar-refractivity contribution in [3.8, 4) is 0 Å². The lowest BCUT2D eigenvalue weighted by atomic mass is 10.2. The summed E-state index contributed by atoms with van der Waals surface area (Å²) in [5.74, 6) is -0.836. The molecule has 6 nitrogen and oxygen atoms in total. The van der Waals surface area contributed by atoms with E-state index in [9.17, 15) is 14.0 Å². The fourth-order valence-electron chi connectivity index (χ4n) is 1.62. The van der Waals surface area contributed by atoms with E-state index in [0.29, 0.717) is 5.69 Å². The van der Waals surface area contributed by atoms with E-state index in [4.69, 9.17) is 5.73 Å². The summed E-state index contributed by atoms with van der Waals surface area (Å²) in [4.78, 5) is 26.6. The number of benzene rings is 1. The molecule has 0 saturated heterocycles. The maximum Gasteiger partial charge on any atom is 0.347 e. The van der Waals surface area contributed by atoms with E-state index >= 15 is 0 Å². The van der Waals surface area contributed by atoms with Gasteiger partial charge in [0.25, 0.3) is 0 Å². The second-order valence-corrected chi connectivity index (χ2v) is 4.13. The number of carbonyl (C=O) groups is 1. The molecule has 0 atom stereocenters. The second-order valence-electron chi connectivity index (χ2n) is 4.13. The lowest BCUT2D eigenvalue weighted by Gasteiger charge is -2.07. The molecule has 1 amide bonds. The maximum atomic E-state index is 13.0. The maximum absolute atomic E-state index is 13.0. The van der Waals surface area contributed by atoms with Gasteiger partial charge in [0, 0.05) is 31.0 Å². The standard InChI is InChI=1S/C13H13FN4O2/c14-10-3-2-9(8-11(10)15)17-12(19)4-7-18-6-1-5-16-13(18)20/h1-3,5-6,8H,4,7,15H2,(H,17,19). The zero-order valence-corrected chi connectivity index (χ0v) is 10.5. The van der Waals surface area contributed by atoms with Crippen molar-refractivity contribution in [1.82, 2.24) is 9.55 Å². The lowest BCUT2D eigenvalue weighted by molar-refractivity contribution is -0.116. The van der Waals surface area contributed by atoms with Gasteiger partial charge in [0.15, 0.2) is 0 Å². The van der Waals surface area contributed by atoms with Crippen molar-refractivity contribution in [2.45, 2.75) is 13.0 Å². The number of nitrogens with two attached hydrogens (primary N) is 1. The highest BCUT2D eigenvalue weighted by atomic mass is 19.1. The van der Waals surface area contributed by atoms with Crippen LogP contribution in [0.4, 0.5) is 15.8 Å². The van der Waals surface area contributed by atoms with Crippen LogP contribution >= 0.6 is 0 Å². The number of hydrogen-bond donors (Lipinski definition) is 2. The predicted octanol–water partition coefficient (Wildman–Crippen LogP) is 0.993. The molecule has 20 heavy (non-hydrogen) atoms. The van der Waals surface area contributed by atoms with Crippen molar-refractivity contribution in [2.75, 3.05) is 11.1 Å². The lowest BCUT2D eigenvalue weighted by Crippen LogP contribution is -2.24. The van der Waals surface area contributed by atoms with Gasteiger partial charge >= 0.3 is 5.69 Å². The molecule has 0 fully saturated rings. The van der Waals surface area contributed by atoms with Crippen molar-refractivity contribution in [1.29, 1.82) is 0 Å². The Morgan fingerprint density at radius 2 is 2.25 bits per heavy atom. The summed E-state index contributed by atoms with van der Waals surface area (Å²) in [6.45, 7) is 0.217. The van der Waals surface area contributed by atoms with Crippen LogP contribution < -0.4 is 16.7 Å². The molecule has 0 radical (unpaired) electrons. The molecule has 104 valence electrons. The van der Waals surface area contributed by atoms with Gasteiger partial charge in [0.05, 0.1) is 5.69 Å². The molecule has 0 aliphatic rings. The Labute approximate surface area is 114 Å². The van der Waals surface area contributed by atoms with E-state index in [0.717, 1.165) is 0 Å². The second kappa shape index (κ2) is 5.96. The predicted molar refractivity (Wildman–Crippen MR) is 72.6 cm³/mol. The SMILES string of the molecule is Nc1cc(NC(=O)CCn2cccnc2=O)ccc1F. The van der Waals surface area contributed by atoms with Crippen LogP contribution in [0.5, 0.6) is 0 Å². The van der Waals surface area contributed by atoms with Crippen LogP contribution in [-0.2, 0) is 11.3 Å². The van der Waals surface area contributed by atoms with Gasteiger partial charge in [-0.15, -0.1) is 0 Å². The Hall–Kier alpha value is -2.70. The van der Waals surface area contributed by atoms with Crippen molar-refractivity contribution >= 4 is 17.3 Å². The minimum atomic E-state index is -0.537. The molecule has 0 unspecified atom stereocenters. The molecule has 0 spiro atoms. The molecular formula is C13H13FN4O2.